The van der Waals surface area contributed by atoms with Gasteiger partial charge in [0.25, 0.3) is 0 Å². The lowest BCUT2D eigenvalue weighted by atomic mass is 10.2. The Bertz CT molecular complexity index is 142. The summed E-state index contributed by atoms with van der Waals surface area (Å²) in [6.45, 7) is 4.11. The van der Waals surface area contributed by atoms with E-state index in [2.05, 4.69) is 0 Å². The molecule has 1 rings (SSSR count). The van der Waals surface area contributed by atoms with E-state index in [1.807, 2.05) is 12.3 Å². The lowest BCUT2D eigenvalue weighted by molar-refractivity contribution is -0.785. The van der Waals surface area contributed by atoms with Gasteiger partial charge < -0.3 is 4.74 Å². The molecular formula is C8H17N2O2+. The van der Waals surface area contributed by atoms with Gasteiger partial charge in [0, 0.05) is 0 Å². The third-order valence-electron chi connectivity index (χ3n) is 1.95. The molecule has 0 aromatic carbocycles. The van der Waals surface area contributed by atoms with E-state index in [1.54, 1.807) is 5.01 Å². The topological polar surface area (TPSA) is 46.1 Å². The van der Waals surface area contributed by atoms with Crippen molar-refractivity contribution in [1.29, 1.82) is 0 Å². The maximum atomic E-state index is 11.2. The minimum absolute atomic E-state index is 0.195. The van der Waals surface area contributed by atoms with Gasteiger partial charge in [0.1, 0.15) is 0 Å². The Hall–Kier alpha value is -0.770. The third kappa shape index (κ3) is 2.70. The number of rotatable bonds is 1. The summed E-state index contributed by atoms with van der Waals surface area (Å²) in [6, 6.07) is 0. The van der Waals surface area contributed by atoms with Crippen molar-refractivity contribution in [3.63, 3.8) is 0 Å². The zero-order valence-corrected chi connectivity index (χ0v) is 7.58. The Kier molecular flexibility index (Phi) is 3.87. The van der Waals surface area contributed by atoms with Crippen molar-refractivity contribution in [3.05, 3.63) is 0 Å². The first-order valence-electron chi connectivity index (χ1n) is 4.61. The van der Waals surface area contributed by atoms with Gasteiger partial charge in [-0.2, -0.15) is 5.01 Å². The van der Waals surface area contributed by atoms with Crippen LogP contribution in [0, 0.1) is 0 Å². The quantitative estimate of drug-likeness (QED) is 0.452. The fraction of sp³-hybridized carbons (Fsp3) is 0.875. The molecular weight excluding hydrogens is 156 g/mol. The highest BCUT2D eigenvalue weighted by Crippen LogP contribution is 1.98. The van der Waals surface area contributed by atoms with Crippen LogP contribution in [0.3, 0.4) is 0 Å². The predicted molar refractivity (Wildman–Crippen MR) is 44.4 cm³/mol. The Morgan fingerprint density at radius 1 is 1.50 bits per heavy atom. The smallest absolute Gasteiger partial charge is 0.447 e. The standard InChI is InChI=1S/C8H16N2O2/c1-2-12-8(11)10-7-5-3-4-6-9-10/h9H,2-7H2,1H3/p+1. The average Bonchev–Trinajstić information content (AvgIpc) is 2.32. The molecule has 2 N–H and O–H groups in total. The number of ether oxygens (including phenoxy) is 1. The number of nitrogens with zero attached hydrogens (tertiary/aromatic N) is 1. The normalized spacial score (nSPS) is 18.6. The first-order chi connectivity index (χ1) is 5.84. The van der Waals surface area contributed by atoms with E-state index in [9.17, 15) is 4.79 Å². The fourth-order valence-corrected chi connectivity index (χ4v) is 1.31. The summed E-state index contributed by atoms with van der Waals surface area (Å²) in [5.74, 6) is 0. The molecule has 0 saturated carbocycles. The van der Waals surface area contributed by atoms with E-state index >= 15 is 0 Å². The second-order valence-corrected chi connectivity index (χ2v) is 2.92. The molecule has 0 bridgehead atoms. The molecule has 0 aromatic rings. The highest BCUT2D eigenvalue weighted by molar-refractivity contribution is 5.65. The molecule has 0 unspecified atom stereocenters. The molecule has 1 amide bonds. The summed E-state index contributed by atoms with van der Waals surface area (Å²) >= 11 is 0. The predicted octanol–water partition coefficient (Wildman–Crippen LogP) is 0.107. The number of hydrogen-bond acceptors (Lipinski definition) is 2. The van der Waals surface area contributed by atoms with Crippen LogP contribution in [0.5, 0.6) is 0 Å². The van der Waals surface area contributed by atoms with Crippen LogP contribution in [0.15, 0.2) is 0 Å². The van der Waals surface area contributed by atoms with Crippen LogP contribution in [-0.4, -0.2) is 30.8 Å². The van der Waals surface area contributed by atoms with E-state index in [4.69, 9.17) is 4.74 Å². The SMILES string of the molecule is CCOC(=O)N1CCCCC[NH2+]1. The summed E-state index contributed by atoms with van der Waals surface area (Å²) in [6.07, 6.45) is 3.30. The summed E-state index contributed by atoms with van der Waals surface area (Å²) in [7, 11) is 0. The van der Waals surface area contributed by atoms with Gasteiger partial charge in [0.2, 0.25) is 0 Å². The van der Waals surface area contributed by atoms with Gasteiger partial charge in [-0.05, 0) is 26.2 Å². The number of nitrogens with two attached hydrogens (primary N) is 1. The molecule has 1 heterocycles. The monoisotopic (exact) mass is 173 g/mol. The molecule has 1 fully saturated rings. The van der Waals surface area contributed by atoms with Crippen molar-refractivity contribution in [2.45, 2.75) is 26.2 Å². The first-order valence-corrected chi connectivity index (χ1v) is 4.61. The summed E-state index contributed by atoms with van der Waals surface area (Å²) < 4.78 is 4.89. The van der Waals surface area contributed by atoms with E-state index < -0.39 is 0 Å². The molecule has 0 spiro atoms. The zero-order valence-electron chi connectivity index (χ0n) is 7.58. The van der Waals surface area contributed by atoms with Gasteiger partial charge in [-0.1, -0.05) is 0 Å². The van der Waals surface area contributed by atoms with Crippen molar-refractivity contribution in [1.82, 2.24) is 5.01 Å². The summed E-state index contributed by atoms with van der Waals surface area (Å²) in [5, 5.41) is 1.69. The average molecular weight is 173 g/mol. The minimum Gasteiger partial charge on any atom is -0.447 e. The van der Waals surface area contributed by atoms with Gasteiger partial charge in [0.15, 0.2) is 0 Å². The molecule has 70 valence electrons. The summed E-state index contributed by atoms with van der Waals surface area (Å²) in [4.78, 5) is 11.2. The van der Waals surface area contributed by atoms with E-state index in [1.165, 1.54) is 12.8 Å². The molecule has 1 saturated heterocycles. The molecule has 0 aliphatic carbocycles. The Morgan fingerprint density at radius 3 is 3.08 bits per heavy atom. The number of quaternary nitrogens is 1. The van der Waals surface area contributed by atoms with Crippen molar-refractivity contribution in [2.24, 2.45) is 0 Å². The van der Waals surface area contributed by atoms with Crippen molar-refractivity contribution >= 4 is 6.09 Å². The first kappa shape index (κ1) is 9.32. The van der Waals surface area contributed by atoms with Crippen molar-refractivity contribution in [2.75, 3.05) is 19.7 Å². The van der Waals surface area contributed by atoms with Crippen LogP contribution in [0.2, 0.25) is 0 Å². The van der Waals surface area contributed by atoms with Crippen LogP contribution in [0.1, 0.15) is 26.2 Å². The van der Waals surface area contributed by atoms with Gasteiger partial charge in [0.05, 0.1) is 19.7 Å². The number of carbonyl (C=O) groups is 1. The molecule has 4 nitrogen and oxygen atoms in total. The van der Waals surface area contributed by atoms with Crippen LogP contribution < -0.4 is 5.43 Å². The number of hydrogen-bond donors (Lipinski definition) is 1. The van der Waals surface area contributed by atoms with Gasteiger partial charge in [-0.15, -0.1) is 0 Å². The number of carbonyl (C=O) groups excluding carboxylic acids is 1. The molecule has 0 radical (unpaired) electrons. The van der Waals surface area contributed by atoms with Gasteiger partial charge in [-0.3, -0.25) is 0 Å². The molecule has 4 heteroatoms. The second kappa shape index (κ2) is 4.98. The lowest BCUT2D eigenvalue weighted by Crippen LogP contribution is -2.94. The molecule has 12 heavy (non-hydrogen) atoms. The van der Waals surface area contributed by atoms with Crippen LogP contribution in [0.25, 0.3) is 0 Å². The van der Waals surface area contributed by atoms with E-state index in [-0.39, 0.29) is 6.09 Å². The highest BCUT2D eigenvalue weighted by Gasteiger charge is 2.18. The van der Waals surface area contributed by atoms with Crippen LogP contribution >= 0.6 is 0 Å². The molecule has 0 aromatic heterocycles. The summed E-state index contributed by atoms with van der Waals surface area (Å²) in [5.41, 5.74) is 1.95. The lowest BCUT2D eigenvalue weighted by Gasteiger charge is -2.15. The van der Waals surface area contributed by atoms with Gasteiger partial charge >= 0.3 is 6.09 Å². The Morgan fingerprint density at radius 2 is 2.33 bits per heavy atom. The Balaban J connectivity index is 2.32. The van der Waals surface area contributed by atoms with Crippen LogP contribution in [0.4, 0.5) is 4.79 Å². The van der Waals surface area contributed by atoms with Crippen molar-refractivity contribution in [3.8, 4) is 0 Å². The largest absolute Gasteiger partial charge is 0.454 e. The van der Waals surface area contributed by atoms with E-state index in [0.29, 0.717) is 6.61 Å². The Labute approximate surface area is 72.8 Å². The molecule has 1 aliphatic heterocycles. The highest BCUT2D eigenvalue weighted by atomic mass is 16.6. The second-order valence-electron chi connectivity index (χ2n) is 2.92. The van der Waals surface area contributed by atoms with E-state index in [0.717, 1.165) is 19.5 Å². The maximum Gasteiger partial charge on any atom is 0.454 e. The third-order valence-corrected chi connectivity index (χ3v) is 1.95. The maximum absolute atomic E-state index is 11.2. The molecule has 0 atom stereocenters. The zero-order chi connectivity index (χ0) is 8.81. The van der Waals surface area contributed by atoms with Crippen molar-refractivity contribution < 1.29 is 15.0 Å². The fourth-order valence-electron chi connectivity index (χ4n) is 1.31. The minimum atomic E-state index is -0.195. The molecule has 1 aliphatic rings. The van der Waals surface area contributed by atoms with Gasteiger partial charge in [-0.25, -0.2) is 10.2 Å². The number of amides is 1. The van der Waals surface area contributed by atoms with Crippen LogP contribution in [-0.2, 0) is 4.74 Å².